The molecule has 0 aliphatic rings. The average molecular weight is 1800 g/mol. The highest BCUT2D eigenvalue weighted by Gasteiger charge is 2.66. The SMILES string of the molecule is CCC(C)(C)C(=O)OCC(F)(F)C(F)(F)S(=O)(=O)[O-].CCC(C)(C)C(=O)OCC(F)(F)S(=O)(=O)[O-].CCC(C)(C)C(=O)OCCOC(F)(F)C(F)(F)S(=O)(=O)[O-].CCC(C)C(=O)OC(C)(OCCC(F)(F)C(F)(F)S(=O)(=O)[O-])C(=O)OC(C)(C)C.CCOC(=O)C(C)(OCCC(F)(F)C(F)(F)S(=O)(=O)[O-])OC(=O)C(C)(C)CC. The van der Waals surface area contributed by atoms with Gasteiger partial charge in [0, 0.05) is 26.7 Å². The van der Waals surface area contributed by atoms with Gasteiger partial charge in [-0.2, -0.15) is 79.0 Å². The van der Waals surface area contributed by atoms with E-state index in [2.05, 4.69) is 23.7 Å². The second-order valence-corrected chi connectivity index (χ2v) is 34.3. The van der Waals surface area contributed by atoms with Gasteiger partial charge in [0.25, 0.3) is 0 Å². The van der Waals surface area contributed by atoms with Gasteiger partial charge in [-0.05, 0) is 115 Å². The van der Waals surface area contributed by atoms with Crippen molar-refractivity contribution in [2.24, 2.45) is 27.6 Å². The van der Waals surface area contributed by atoms with E-state index in [0.717, 1.165) is 13.8 Å². The summed E-state index contributed by atoms with van der Waals surface area (Å²) in [4.78, 5) is 82.5. The Labute approximate surface area is 639 Å². The average Bonchev–Trinajstić information content (AvgIpc) is 0.788. The summed E-state index contributed by atoms with van der Waals surface area (Å²) in [6.45, 7) is 19.7. The summed E-state index contributed by atoms with van der Waals surface area (Å²) in [7, 11) is -32.3. The Morgan fingerprint density at radius 1 is 0.327 bits per heavy atom. The lowest BCUT2D eigenvalue weighted by atomic mass is 9.90. The molecule has 0 bridgehead atoms. The summed E-state index contributed by atoms with van der Waals surface area (Å²) in [6.07, 6.45) is -7.96. The molecule has 0 fully saturated rings. The summed E-state index contributed by atoms with van der Waals surface area (Å²) in [5.74, 6) is -29.2. The number of halogens is 18. The molecule has 0 amide bonds. The predicted octanol–water partition coefficient (Wildman–Crippen LogP) is 9.79. The van der Waals surface area contributed by atoms with Gasteiger partial charge >= 0.3 is 104 Å². The maximum Gasteiger partial charge on any atom is 0.433 e. The van der Waals surface area contributed by atoms with Crippen LogP contribution in [0.1, 0.15) is 183 Å². The van der Waals surface area contributed by atoms with E-state index in [1.807, 2.05) is 0 Å². The van der Waals surface area contributed by atoms with Gasteiger partial charge in [0.05, 0.1) is 54.0 Å². The zero-order chi connectivity index (χ0) is 92.1. The minimum absolute atomic E-state index is 0.188. The van der Waals surface area contributed by atoms with E-state index in [9.17, 15) is 177 Å². The van der Waals surface area contributed by atoms with Crippen LogP contribution in [0.5, 0.6) is 0 Å². The van der Waals surface area contributed by atoms with Crippen molar-refractivity contribution in [3.05, 3.63) is 0 Å². The summed E-state index contributed by atoms with van der Waals surface area (Å²) in [5, 5.41) is -28.2. The van der Waals surface area contributed by atoms with E-state index in [0.29, 0.717) is 19.3 Å². The number of ether oxygens (including phenoxy) is 10. The van der Waals surface area contributed by atoms with Crippen LogP contribution >= 0.6 is 0 Å². The predicted molar refractivity (Wildman–Crippen MR) is 340 cm³/mol. The van der Waals surface area contributed by atoms with Crippen molar-refractivity contribution < 1.29 is 225 Å². The molecule has 0 aliphatic carbocycles. The second kappa shape index (κ2) is 41.7. The highest BCUT2D eigenvalue weighted by atomic mass is 32.2. The van der Waals surface area contributed by atoms with Crippen molar-refractivity contribution in [3.63, 3.8) is 0 Å². The van der Waals surface area contributed by atoms with Crippen LogP contribution in [-0.4, -0.2) is 220 Å². The molecule has 0 rings (SSSR count). The van der Waals surface area contributed by atoms with Crippen molar-refractivity contribution in [2.75, 3.05) is 46.2 Å². The Hall–Kier alpha value is -5.54. The molecule has 0 aromatic rings. The Kier molecular flexibility index (Phi) is 42.8. The van der Waals surface area contributed by atoms with Crippen LogP contribution in [0.4, 0.5) is 79.0 Å². The molecule has 3 unspecified atom stereocenters. The molecule has 3 atom stereocenters. The number of hydrogen-bond acceptors (Lipinski definition) is 32. The minimum Gasteiger partial charge on any atom is -0.743 e. The highest BCUT2D eigenvalue weighted by molar-refractivity contribution is 7.87. The monoisotopic (exact) mass is 1800 g/mol. The first-order chi connectivity index (χ1) is 49.4. The number of rotatable bonds is 40. The molecular weight excluding hydrogens is 1710 g/mol. The molecule has 0 saturated heterocycles. The normalized spacial score (nSPS) is 15.1. The Balaban J connectivity index is -0.000000437. The first-order valence-corrected chi connectivity index (χ1v) is 38.9. The van der Waals surface area contributed by atoms with Crippen molar-refractivity contribution in [1.82, 2.24) is 0 Å². The Morgan fingerprint density at radius 2 is 0.628 bits per heavy atom. The summed E-state index contributed by atoms with van der Waals surface area (Å²) >= 11 is 0. The molecule has 0 N–H and O–H groups in total. The fourth-order valence-corrected chi connectivity index (χ4v) is 7.33. The van der Waals surface area contributed by atoms with Gasteiger partial charge in [-0.15, -0.1) is 0 Å². The number of hydrogen-bond donors (Lipinski definition) is 0. The van der Waals surface area contributed by atoms with Crippen molar-refractivity contribution >= 4 is 92.4 Å². The lowest BCUT2D eigenvalue weighted by Crippen LogP contribution is -2.50. The summed E-state index contributed by atoms with van der Waals surface area (Å²) < 4.78 is 432. The lowest BCUT2D eigenvalue weighted by molar-refractivity contribution is -0.320. The van der Waals surface area contributed by atoms with Crippen molar-refractivity contribution in [2.45, 2.75) is 251 Å². The van der Waals surface area contributed by atoms with E-state index in [1.54, 1.807) is 27.7 Å². The molecule has 0 aromatic heterocycles. The van der Waals surface area contributed by atoms with Crippen LogP contribution in [0.3, 0.4) is 0 Å². The maximum atomic E-state index is 13.6. The maximum absolute atomic E-state index is 13.6. The van der Waals surface area contributed by atoms with Crippen LogP contribution in [-0.2, 0) is 132 Å². The van der Waals surface area contributed by atoms with Crippen LogP contribution in [0, 0.1) is 27.6 Å². The molecule has 32 nitrogen and oxygen atoms in total. The van der Waals surface area contributed by atoms with Gasteiger partial charge in [0.1, 0.15) is 12.2 Å². The molecule has 55 heteroatoms. The van der Waals surface area contributed by atoms with Crippen molar-refractivity contribution in [3.8, 4) is 0 Å². The third kappa shape index (κ3) is 34.5. The minimum atomic E-state index is -6.67. The molecule has 0 aliphatic heterocycles. The first kappa shape index (κ1) is 116. The van der Waals surface area contributed by atoms with Crippen molar-refractivity contribution in [1.29, 1.82) is 0 Å². The molecule has 0 aromatic carbocycles. The van der Waals surface area contributed by atoms with Gasteiger partial charge in [-0.3, -0.25) is 24.0 Å². The quantitative estimate of drug-likeness (QED) is 0.0137. The number of carbonyl (C=O) groups is 7. The van der Waals surface area contributed by atoms with Crippen LogP contribution in [0.15, 0.2) is 0 Å². The van der Waals surface area contributed by atoms with Gasteiger partial charge < -0.3 is 70.1 Å². The van der Waals surface area contributed by atoms with Gasteiger partial charge in [-0.1, -0.05) is 41.5 Å². The number of esters is 7. The van der Waals surface area contributed by atoms with E-state index < -0.39 is 240 Å². The molecule has 0 saturated carbocycles. The fourth-order valence-electron chi connectivity index (χ4n) is 5.41. The zero-order valence-corrected chi connectivity index (χ0v) is 68.0. The molecular formula is C58H89F18O32S5-5. The first-order valence-electron chi connectivity index (χ1n) is 31.9. The van der Waals surface area contributed by atoms with E-state index in [1.165, 1.54) is 96.9 Å². The van der Waals surface area contributed by atoms with Gasteiger partial charge in [0.2, 0.25) is 0 Å². The Bertz CT molecular complexity index is 3760. The largest absolute Gasteiger partial charge is 0.743 e. The Morgan fingerprint density at radius 3 is 0.920 bits per heavy atom. The van der Waals surface area contributed by atoms with Crippen LogP contribution in [0.25, 0.3) is 0 Å². The van der Waals surface area contributed by atoms with Gasteiger partial charge in [0.15, 0.2) is 63.8 Å². The third-order valence-corrected chi connectivity index (χ3v) is 19.4. The summed E-state index contributed by atoms with van der Waals surface area (Å²) in [5.41, 5.74) is -5.28. The standard InChI is InChI=1S/C16H26F4O8S.C15H24F4O8S.C10H16F4O6S.C9H14F4O5S.C8H14F2O5S/c1-7-10(2)11(21)27-14(6,12(22)28-13(3,4)5)26-9-8-15(17,18)16(19,20)29(23,24)25;1-6-12(3,4)10(20)27-13(5,11(21)25-7-2)26-9-8-14(16,17)15(18,19)28(22,23)24;1-4-8(2,3)7(15)19-5-6-20-9(11,12)10(13,14)21(16,17)18;1-4-7(2,3)6(14)18-5-8(10,11)9(12,13)19(15,16)17;1-4-7(2,3)6(11)15-5-8(9,10)16(12,13)14/h10H,7-9H2,1-6H3,(H,23,24,25);6-9H2,1-5H3,(H,22,23,24);4-6H2,1-3H3,(H,16,17,18);4-5H2,1-3H3,(H,15,16,17);4-5H2,1-3H3,(H,12,13,14)/p-5. The second-order valence-electron chi connectivity index (χ2n) is 27.1. The topological polar surface area (TPSA) is 498 Å². The fraction of sp³-hybridized carbons (Fsp3) is 0.879. The molecule has 0 heterocycles. The number of carbonyl (C=O) groups excluding carboxylic acids is 7. The molecule has 0 spiro atoms. The van der Waals surface area contributed by atoms with E-state index >= 15 is 0 Å². The molecule has 0 radical (unpaired) electrons. The van der Waals surface area contributed by atoms with Gasteiger partial charge in [-0.25, -0.2) is 51.7 Å². The van der Waals surface area contributed by atoms with E-state index in [-0.39, 0.29) is 19.4 Å². The van der Waals surface area contributed by atoms with Crippen LogP contribution in [0.2, 0.25) is 0 Å². The summed E-state index contributed by atoms with van der Waals surface area (Å²) in [6, 6.07) is 0. The third-order valence-electron chi connectivity index (χ3n) is 14.9. The smallest absolute Gasteiger partial charge is 0.433 e. The van der Waals surface area contributed by atoms with E-state index in [4.69, 9.17) is 23.7 Å². The number of alkyl halides is 18. The zero-order valence-electron chi connectivity index (χ0n) is 63.9. The molecule has 113 heavy (non-hydrogen) atoms. The molecule has 674 valence electrons. The van der Waals surface area contributed by atoms with Crippen LogP contribution < -0.4 is 0 Å². The lowest BCUT2D eigenvalue weighted by Gasteiger charge is -2.33. The highest BCUT2D eigenvalue weighted by Crippen LogP contribution is 2.44.